The van der Waals surface area contributed by atoms with Gasteiger partial charge in [0.1, 0.15) is 5.60 Å². The van der Waals surface area contributed by atoms with Crippen LogP contribution in [0.2, 0.25) is 0 Å². The fourth-order valence-corrected chi connectivity index (χ4v) is 4.89. The second kappa shape index (κ2) is 7.82. The van der Waals surface area contributed by atoms with E-state index in [0.717, 1.165) is 50.5 Å². The van der Waals surface area contributed by atoms with Crippen LogP contribution in [0.25, 0.3) is 21.5 Å². The van der Waals surface area contributed by atoms with Gasteiger partial charge in [0.25, 0.3) is 0 Å². The van der Waals surface area contributed by atoms with E-state index in [1.165, 1.54) is 21.5 Å². The van der Waals surface area contributed by atoms with Crippen molar-refractivity contribution >= 4 is 27.5 Å². The Bertz CT molecular complexity index is 1030. The molecule has 1 saturated carbocycles. The summed E-state index contributed by atoms with van der Waals surface area (Å²) in [5, 5.41) is 4.95. The molecule has 0 heterocycles. The first kappa shape index (κ1) is 19.9. The molecule has 152 valence electrons. The average molecular weight is 389 g/mol. The van der Waals surface area contributed by atoms with Gasteiger partial charge < -0.3 is 4.74 Å². The van der Waals surface area contributed by atoms with Gasteiger partial charge in [0.15, 0.2) is 0 Å². The van der Waals surface area contributed by atoms with Crippen molar-refractivity contribution < 1.29 is 9.53 Å². The second-order valence-electron chi connectivity index (χ2n) is 9.02. The quantitative estimate of drug-likeness (QED) is 0.322. The molecule has 0 saturated heterocycles. The third-order valence-electron chi connectivity index (χ3n) is 7.01. The molecule has 1 atom stereocenters. The lowest BCUT2D eigenvalue weighted by Gasteiger charge is -2.35. The maximum atomic E-state index is 13.2. The van der Waals surface area contributed by atoms with Crippen molar-refractivity contribution in [3.63, 3.8) is 0 Å². The maximum absolute atomic E-state index is 13.2. The Labute approximate surface area is 174 Å². The minimum Gasteiger partial charge on any atom is -0.454 e. The summed E-state index contributed by atoms with van der Waals surface area (Å²) < 4.78 is 6.39. The number of hydrogen-bond acceptors (Lipinski definition) is 2. The van der Waals surface area contributed by atoms with E-state index in [1.54, 1.807) is 0 Å². The lowest BCUT2D eigenvalue weighted by molar-refractivity contribution is -0.173. The monoisotopic (exact) mass is 388 g/mol. The van der Waals surface area contributed by atoms with Crippen LogP contribution in [0.15, 0.2) is 54.6 Å². The van der Waals surface area contributed by atoms with Crippen LogP contribution in [0.5, 0.6) is 0 Å². The zero-order valence-electron chi connectivity index (χ0n) is 18.0. The number of hydrogen-bond donors (Lipinski definition) is 0. The molecule has 1 fully saturated rings. The van der Waals surface area contributed by atoms with Crippen LogP contribution in [0.3, 0.4) is 0 Å². The van der Waals surface area contributed by atoms with Crippen LogP contribution in [0, 0.1) is 5.41 Å². The van der Waals surface area contributed by atoms with Gasteiger partial charge in [-0.2, -0.15) is 0 Å². The molecule has 0 amide bonds. The highest BCUT2D eigenvalue weighted by Gasteiger charge is 2.43. The van der Waals surface area contributed by atoms with Crippen molar-refractivity contribution in [3.8, 4) is 0 Å². The number of rotatable bonds is 6. The topological polar surface area (TPSA) is 26.3 Å². The van der Waals surface area contributed by atoms with E-state index < -0.39 is 11.0 Å². The number of carbonyl (C=O) groups is 1. The summed E-state index contributed by atoms with van der Waals surface area (Å²) in [4.78, 5) is 13.2. The van der Waals surface area contributed by atoms with Gasteiger partial charge in [0.2, 0.25) is 0 Å². The summed E-state index contributed by atoms with van der Waals surface area (Å²) in [7, 11) is 0. The van der Waals surface area contributed by atoms with Crippen LogP contribution in [-0.2, 0) is 15.1 Å². The third-order valence-corrected chi connectivity index (χ3v) is 7.01. The summed E-state index contributed by atoms with van der Waals surface area (Å²) in [5.74, 6) is -0.0256. The predicted molar refractivity (Wildman–Crippen MR) is 121 cm³/mol. The standard InChI is InChI=1S/C27H32O2/c1-4-14-26(3,5-2)25(28)29-27(15-8-9-16-27)24-13-12-22-17-20-10-6-7-11-21(20)18-23(22)19-24/h6-7,10-13,17-19H,4-5,8-9,14-16H2,1-3H3. The highest BCUT2D eigenvalue weighted by atomic mass is 16.6. The van der Waals surface area contributed by atoms with Gasteiger partial charge in [-0.3, -0.25) is 4.79 Å². The van der Waals surface area contributed by atoms with E-state index in [2.05, 4.69) is 75.4 Å². The van der Waals surface area contributed by atoms with Gasteiger partial charge in [0, 0.05) is 0 Å². The molecule has 0 aromatic heterocycles. The number of carbonyl (C=O) groups excluding carboxylic acids is 1. The summed E-state index contributed by atoms with van der Waals surface area (Å²) in [5.41, 5.74) is 0.291. The summed E-state index contributed by atoms with van der Waals surface area (Å²) in [6.07, 6.45) is 6.75. The molecular formula is C27H32O2. The SMILES string of the molecule is CCCC(C)(CC)C(=O)OC1(c2ccc3cc4ccccc4cc3c2)CCCC1. The molecule has 29 heavy (non-hydrogen) atoms. The van der Waals surface area contributed by atoms with Crippen molar-refractivity contribution in [1.29, 1.82) is 0 Å². The normalized spacial score (nSPS) is 18.0. The summed E-state index contributed by atoms with van der Waals surface area (Å²) in [6, 6.07) is 19.6. The van der Waals surface area contributed by atoms with Crippen LogP contribution in [0.1, 0.15) is 71.3 Å². The molecule has 3 aromatic rings. The Hall–Kier alpha value is -2.35. The van der Waals surface area contributed by atoms with E-state index in [1.807, 2.05) is 0 Å². The third kappa shape index (κ3) is 3.66. The van der Waals surface area contributed by atoms with Crippen LogP contribution in [0.4, 0.5) is 0 Å². The average Bonchev–Trinajstić information content (AvgIpc) is 3.21. The minimum atomic E-state index is -0.471. The highest BCUT2D eigenvalue weighted by molar-refractivity contribution is 5.98. The molecule has 3 aromatic carbocycles. The first-order valence-corrected chi connectivity index (χ1v) is 11.2. The Morgan fingerprint density at radius 2 is 1.55 bits per heavy atom. The molecule has 1 unspecified atom stereocenters. The van der Waals surface area contributed by atoms with Gasteiger partial charge in [0.05, 0.1) is 5.41 Å². The molecule has 2 heteroatoms. The van der Waals surface area contributed by atoms with E-state index in [0.29, 0.717) is 0 Å². The molecule has 1 aliphatic carbocycles. The van der Waals surface area contributed by atoms with Crippen molar-refractivity contribution in [2.75, 3.05) is 0 Å². The largest absolute Gasteiger partial charge is 0.454 e. The maximum Gasteiger partial charge on any atom is 0.312 e. The lowest BCUT2D eigenvalue weighted by atomic mass is 9.82. The Balaban J connectivity index is 1.73. The van der Waals surface area contributed by atoms with Gasteiger partial charge >= 0.3 is 5.97 Å². The van der Waals surface area contributed by atoms with E-state index in [-0.39, 0.29) is 5.97 Å². The number of fused-ring (bicyclic) bond motifs is 2. The zero-order valence-corrected chi connectivity index (χ0v) is 18.0. The first-order valence-electron chi connectivity index (χ1n) is 11.2. The van der Waals surface area contributed by atoms with E-state index >= 15 is 0 Å². The lowest BCUT2D eigenvalue weighted by Crippen LogP contribution is -2.37. The molecule has 0 aliphatic heterocycles. The van der Waals surface area contributed by atoms with Gasteiger partial charge in [-0.25, -0.2) is 0 Å². The van der Waals surface area contributed by atoms with Gasteiger partial charge in [-0.15, -0.1) is 0 Å². The van der Waals surface area contributed by atoms with Crippen molar-refractivity contribution in [2.45, 2.75) is 71.3 Å². The van der Waals surface area contributed by atoms with Gasteiger partial charge in [-0.05, 0) is 90.8 Å². The molecule has 4 rings (SSSR count). The Morgan fingerprint density at radius 1 is 0.931 bits per heavy atom. The minimum absolute atomic E-state index is 0.0256. The molecule has 1 aliphatic rings. The van der Waals surface area contributed by atoms with Crippen molar-refractivity contribution in [3.05, 3.63) is 60.2 Å². The Kier molecular flexibility index (Phi) is 5.38. The predicted octanol–water partition coefficient (Wildman–Crippen LogP) is 7.52. The first-order chi connectivity index (χ1) is 14.0. The van der Waals surface area contributed by atoms with Crippen molar-refractivity contribution in [2.24, 2.45) is 5.41 Å². The molecule has 2 nitrogen and oxygen atoms in total. The molecule has 0 bridgehead atoms. The second-order valence-corrected chi connectivity index (χ2v) is 9.02. The summed E-state index contributed by atoms with van der Waals surface area (Å²) >= 11 is 0. The smallest absolute Gasteiger partial charge is 0.312 e. The zero-order chi connectivity index (χ0) is 20.5. The summed E-state index contributed by atoms with van der Waals surface area (Å²) in [6.45, 7) is 6.30. The number of ether oxygens (including phenoxy) is 1. The Morgan fingerprint density at radius 3 is 2.17 bits per heavy atom. The fraction of sp³-hybridized carbons (Fsp3) is 0.444. The van der Waals surface area contributed by atoms with E-state index in [9.17, 15) is 4.79 Å². The number of esters is 1. The molecule has 0 spiro atoms. The van der Waals surface area contributed by atoms with Crippen molar-refractivity contribution in [1.82, 2.24) is 0 Å². The fourth-order valence-electron chi connectivity index (χ4n) is 4.89. The molecule has 0 N–H and O–H groups in total. The van der Waals surface area contributed by atoms with Gasteiger partial charge in [-0.1, -0.05) is 56.7 Å². The van der Waals surface area contributed by atoms with Crippen LogP contribution < -0.4 is 0 Å². The molecular weight excluding hydrogens is 356 g/mol. The molecule has 0 radical (unpaired) electrons. The van der Waals surface area contributed by atoms with E-state index in [4.69, 9.17) is 4.74 Å². The van der Waals surface area contributed by atoms with Crippen LogP contribution >= 0.6 is 0 Å². The number of benzene rings is 3. The van der Waals surface area contributed by atoms with Crippen LogP contribution in [-0.4, -0.2) is 5.97 Å². The highest BCUT2D eigenvalue weighted by Crippen LogP contribution is 2.45.